The number of ether oxygens (including phenoxy) is 1. The number of nitro benzene ring substituents is 1. The Balaban J connectivity index is 3.48. The van der Waals surface area contributed by atoms with Crippen LogP contribution in [0.2, 0.25) is 0 Å². The summed E-state index contributed by atoms with van der Waals surface area (Å²) >= 11 is 2.99. The van der Waals surface area contributed by atoms with Crippen LogP contribution in [0.25, 0.3) is 0 Å². The Morgan fingerprint density at radius 2 is 2.19 bits per heavy atom. The number of rotatable bonds is 3. The second-order valence-corrected chi connectivity index (χ2v) is 3.61. The standard InChI is InChI=1S/C9H6BrNO5/c1-16-9(13)6-2-5(4-12)7(10)3-8(6)11(14)15/h2-4H,1H3. The van der Waals surface area contributed by atoms with E-state index >= 15 is 0 Å². The van der Waals surface area contributed by atoms with Crippen LogP contribution in [0.15, 0.2) is 16.6 Å². The molecule has 16 heavy (non-hydrogen) atoms. The van der Waals surface area contributed by atoms with Crippen LogP contribution in [0.3, 0.4) is 0 Å². The van der Waals surface area contributed by atoms with E-state index in [1.165, 1.54) is 0 Å². The van der Waals surface area contributed by atoms with Crippen molar-refractivity contribution in [2.45, 2.75) is 0 Å². The van der Waals surface area contributed by atoms with Crippen LogP contribution in [0, 0.1) is 10.1 Å². The molecule has 0 aliphatic heterocycles. The first-order chi connectivity index (χ1) is 7.51. The maximum atomic E-state index is 11.3. The molecule has 0 N–H and O–H groups in total. The summed E-state index contributed by atoms with van der Waals surface area (Å²) in [7, 11) is 1.11. The minimum atomic E-state index is -0.859. The number of aldehydes is 1. The van der Waals surface area contributed by atoms with Crippen molar-refractivity contribution >= 4 is 33.9 Å². The molecule has 0 heterocycles. The molecule has 0 bridgehead atoms. The molecule has 0 aliphatic carbocycles. The van der Waals surface area contributed by atoms with E-state index in [1.54, 1.807) is 0 Å². The fraction of sp³-hybridized carbons (Fsp3) is 0.111. The van der Waals surface area contributed by atoms with Crippen LogP contribution in [0.1, 0.15) is 20.7 Å². The van der Waals surface area contributed by atoms with Gasteiger partial charge < -0.3 is 4.74 Å². The van der Waals surface area contributed by atoms with E-state index in [1.807, 2.05) is 0 Å². The summed E-state index contributed by atoms with van der Waals surface area (Å²) in [6.45, 7) is 0. The molecule has 0 aliphatic rings. The van der Waals surface area contributed by atoms with Crippen LogP contribution in [0.4, 0.5) is 5.69 Å². The Kier molecular flexibility index (Phi) is 3.73. The zero-order valence-corrected chi connectivity index (χ0v) is 9.68. The van der Waals surface area contributed by atoms with E-state index in [0.717, 1.165) is 19.2 Å². The summed E-state index contributed by atoms with van der Waals surface area (Å²) in [5.74, 6) is -0.859. The molecular weight excluding hydrogens is 282 g/mol. The molecule has 0 aromatic heterocycles. The van der Waals surface area contributed by atoms with Gasteiger partial charge in [0.25, 0.3) is 5.69 Å². The lowest BCUT2D eigenvalue weighted by Crippen LogP contribution is -2.07. The number of benzene rings is 1. The Bertz CT molecular complexity index is 471. The largest absolute Gasteiger partial charge is 0.465 e. The van der Waals surface area contributed by atoms with Crippen molar-refractivity contribution in [3.8, 4) is 0 Å². The molecule has 0 fully saturated rings. The number of hydrogen-bond acceptors (Lipinski definition) is 5. The van der Waals surface area contributed by atoms with Crippen molar-refractivity contribution in [2.24, 2.45) is 0 Å². The fourth-order valence-electron chi connectivity index (χ4n) is 1.09. The molecule has 1 aromatic carbocycles. The third-order valence-corrected chi connectivity index (χ3v) is 2.53. The smallest absolute Gasteiger partial charge is 0.344 e. The summed E-state index contributed by atoms with van der Waals surface area (Å²) in [6.07, 6.45) is 0.486. The average Bonchev–Trinajstić information content (AvgIpc) is 2.27. The van der Waals surface area contributed by atoms with Gasteiger partial charge in [0.15, 0.2) is 6.29 Å². The van der Waals surface area contributed by atoms with Gasteiger partial charge in [-0.1, -0.05) is 0 Å². The van der Waals surface area contributed by atoms with Gasteiger partial charge in [0, 0.05) is 16.1 Å². The second kappa shape index (κ2) is 4.84. The molecule has 1 aromatic rings. The number of halogens is 1. The summed E-state index contributed by atoms with van der Waals surface area (Å²) < 4.78 is 4.64. The highest BCUT2D eigenvalue weighted by Gasteiger charge is 2.23. The van der Waals surface area contributed by atoms with Gasteiger partial charge in [-0.05, 0) is 22.0 Å². The quantitative estimate of drug-likeness (QED) is 0.367. The van der Waals surface area contributed by atoms with Gasteiger partial charge in [-0.15, -0.1) is 0 Å². The number of esters is 1. The van der Waals surface area contributed by atoms with Crippen molar-refractivity contribution in [1.29, 1.82) is 0 Å². The Labute approximate surface area is 98.5 Å². The molecule has 0 radical (unpaired) electrons. The van der Waals surface area contributed by atoms with Gasteiger partial charge in [-0.3, -0.25) is 14.9 Å². The highest BCUT2D eigenvalue weighted by Crippen LogP contribution is 2.27. The van der Waals surface area contributed by atoms with Crippen molar-refractivity contribution in [2.75, 3.05) is 7.11 Å². The lowest BCUT2D eigenvalue weighted by molar-refractivity contribution is -0.385. The van der Waals surface area contributed by atoms with E-state index in [4.69, 9.17) is 0 Å². The molecule has 6 nitrogen and oxygen atoms in total. The number of carbonyl (C=O) groups excluding carboxylic acids is 2. The first-order valence-electron chi connectivity index (χ1n) is 4.02. The number of nitro groups is 1. The predicted octanol–water partition coefficient (Wildman–Crippen LogP) is 1.96. The number of nitrogens with zero attached hydrogens (tertiary/aromatic N) is 1. The summed E-state index contributed by atoms with van der Waals surface area (Å²) in [5.41, 5.74) is -0.520. The number of hydrogen-bond donors (Lipinski definition) is 0. The molecule has 0 unspecified atom stereocenters. The Morgan fingerprint density at radius 1 is 1.56 bits per heavy atom. The highest BCUT2D eigenvalue weighted by molar-refractivity contribution is 9.10. The van der Waals surface area contributed by atoms with Crippen molar-refractivity contribution in [3.63, 3.8) is 0 Å². The SMILES string of the molecule is COC(=O)c1cc(C=O)c(Br)cc1[N+](=O)[O-]. The van der Waals surface area contributed by atoms with E-state index in [2.05, 4.69) is 20.7 Å². The maximum Gasteiger partial charge on any atom is 0.344 e. The normalized spacial score (nSPS) is 9.62. The molecule has 0 spiro atoms. The molecule has 1 rings (SSSR count). The molecule has 0 saturated carbocycles. The topological polar surface area (TPSA) is 86.5 Å². The van der Waals surface area contributed by atoms with Crippen LogP contribution < -0.4 is 0 Å². The first-order valence-corrected chi connectivity index (χ1v) is 4.82. The summed E-state index contributed by atoms with van der Waals surface area (Å²) in [4.78, 5) is 31.8. The van der Waals surface area contributed by atoms with Crippen molar-refractivity contribution in [1.82, 2.24) is 0 Å². The zero-order chi connectivity index (χ0) is 12.3. The molecule has 0 atom stereocenters. The van der Waals surface area contributed by atoms with Gasteiger partial charge in [-0.25, -0.2) is 4.79 Å². The average molecular weight is 288 g/mol. The van der Waals surface area contributed by atoms with E-state index < -0.39 is 16.6 Å². The van der Waals surface area contributed by atoms with Gasteiger partial charge in [0.1, 0.15) is 5.56 Å². The number of methoxy groups -OCH3 is 1. The Morgan fingerprint density at radius 3 is 2.62 bits per heavy atom. The fourth-order valence-corrected chi connectivity index (χ4v) is 1.52. The molecule has 0 saturated heterocycles. The lowest BCUT2D eigenvalue weighted by atomic mass is 10.1. The van der Waals surface area contributed by atoms with E-state index in [-0.39, 0.29) is 15.6 Å². The minimum Gasteiger partial charge on any atom is -0.465 e. The highest BCUT2D eigenvalue weighted by atomic mass is 79.9. The molecule has 84 valence electrons. The van der Waals surface area contributed by atoms with Gasteiger partial charge in [0.2, 0.25) is 0 Å². The summed E-state index contributed by atoms with van der Waals surface area (Å²) in [5, 5.41) is 10.7. The lowest BCUT2D eigenvalue weighted by Gasteiger charge is -2.03. The zero-order valence-electron chi connectivity index (χ0n) is 8.10. The monoisotopic (exact) mass is 287 g/mol. The molecule has 7 heteroatoms. The first kappa shape index (κ1) is 12.3. The number of carbonyl (C=O) groups is 2. The van der Waals surface area contributed by atoms with E-state index in [0.29, 0.717) is 6.29 Å². The summed E-state index contributed by atoms with van der Waals surface area (Å²) in [6, 6.07) is 2.21. The third kappa shape index (κ3) is 2.25. The van der Waals surface area contributed by atoms with Crippen LogP contribution >= 0.6 is 15.9 Å². The predicted molar refractivity (Wildman–Crippen MR) is 57.5 cm³/mol. The second-order valence-electron chi connectivity index (χ2n) is 2.76. The van der Waals surface area contributed by atoms with Gasteiger partial charge in [-0.2, -0.15) is 0 Å². The van der Waals surface area contributed by atoms with Crippen molar-refractivity contribution < 1.29 is 19.2 Å². The van der Waals surface area contributed by atoms with Gasteiger partial charge in [0.05, 0.1) is 12.0 Å². The van der Waals surface area contributed by atoms with Crippen LogP contribution in [0.5, 0.6) is 0 Å². The van der Waals surface area contributed by atoms with Crippen molar-refractivity contribution in [3.05, 3.63) is 37.8 Å². The van der Waals surface area contributed by atoms with Crippen LogP contribution in [-0.4, -0.2) is 24.3 Å². The maximum absolute atomic E-state index is 11.3. The Hall–Kier alpha value is -1.76. The molecular formula is C9H6BrNO5. The third-order valence-electron chi connectivity index (χ3n) is 1.84. The minimum absolute atomic E-state index is 0.144. The van der Waals surface area contributed by atoms with E-state index in [9.17, 15) is 19.7 Å². The van der Waals surface area contributed by atoms with Gasteiger partial charge >= 0.3 is 5.97 Å². The molecule has 0 amide bonds. The van der Waals surface area contributed by atoms with Crippen LogP contribution in [-0.2, 0) is 4.74 Å².